The maximum absolute atomic E-state index is 11.7. The predicted molar refractivity (Wildman–Crippen MR) is 80.5 cm³/mol. The Balaban J connectivity index is 1.95. The highest BCUT2D eigenvalue weighted by molar-refractivity contribution is 7.12. The van der Waals surface area contributed by atoms with Gasteiger partial charge in [0.05, 0.1) is 10.6 Å². The Labute approximate surface area is 117 Å². The highest BCUT2D eigenvalue weighted by Gasteiger charge is 2.12. The summed E-state index contributed by atoms with van der Waals surface area (Å²) in [6.45, 7) is 6.52. The molecule has 0 spiro atoms. The molecule has 0 atom stereocenters. The van der Waals surface area contributed by atoms with E-state index in [1.165, 1.54) is 16.9 Å². The van der Waals surface area contributed by atoms with Gasteiger partial charge in [0.2, 0.25) is 0 Å². The van der Waals surface area contributed by atoms with Crippen LogP contribution in [0.4, 0.5) is 5.69 Å². The van der Waals surface area contributed by atoms with Crippen molar-refractivity contribution in [2.45, 2.75) is 26.2 Å². The van der Waals surface area contributed by atoms with E-state index in [1.807, 2.05) is 23.6 Å². The van der Waals surface area contributed by atoms with Crippen molar-refractivity contribution in [2.75, 3.05) is 5.43 Å². The molecule has 0 unspecified atom stereocenters. The van der Waals surface area contributed by atoms with Crippen LogP contribution in [0.15, 0.2) is 41.8 Å². The summed E-state index contributed by atoms with van der Waals surface area (Å²) in [5, 5.41) is 1.88. The number of hydrogen-bond donors (Lipinski definition) is 2. The van der Waals surface area contributed by atoms with E-state index in [1.54, 1.807) is 6.07 Å². The molecular weight excluding hydrogens is 256 g/mol. The molecule has 0 aliphatic heterocycles. The molecule has 0 saturated carbocycles. The van der Waals surface area contributed by atoms with Crippen LogP contribution in [0.25, 0.3) is 0 Å². The fraction of sp³-hybridized carbons (Fsp3) is 0.267. The normalized spacial score (nSPS) is 11.1. The zero-order chi connectivity index (χ0) is 13.9. The van der Waals surface area contributed by atoms with Crippen LogP contribution in [0.1, 0.15) is 36.0 Å². The molecule has 100 valence electrons. The van der Waals surface area contributed by atoms with Gasteiger partial charge in [0.25, 0.3) is 5.91 Å². The van der Waals surface area contributed by atoms with E-state index in [9.17, 15) is 4.79 Å². The molecule has 0 aliphatic carbocycles. The molecule has 2 rings (SSSR count). The van der Waals surface area contributed by atoms with Gasteiger partial charge in [-0.15, -0.1) is 11.3 Å². The molecule has 1 heterocycles. The average molecular weight is 274 g/mol. The van der Waals surface area contributed by atoms with Crippen molar-refractivity contribution < 1.29 is 4.79 Å². The molecule has 1 aromatic carbocycles. The first-order chi connectivity index (χ1) is 8.97. The van der Waals surface area contributed by atoms with E-state index in [2.05, 4.69) is 43.8 Å². The van der Waals surface area contributed by atoms with Gasteiger partial charge in [0.15, 0.2) is 0 Å². The molecule has 0 aliphatic rings. The average Bonchev–Trinajstić information content (AvgIpc) is 2.89. The minimum absolute atomic E-state index is 0.116. The lowest BCUT2D eigenvalue weighted by Gasteiger charge is -2.19. The number of thiophene rings is 1. The topological polar surface area (TPSA) is 41.1 Å². The summed E-state index contributed by atoms with van der Waals surface area (Å²) in [5.74, 6) is -0.116. The first-order valence-corrected chi connectivity index (χ1v) is 7.05. The van der Waals surface area contributed by atoms with Crippen molar-refractivity contribution >= 4 is 22.9 Å². The summed E-state index contributed by atoms with van der Waals surface area (Å²) >= 11 is 1.42. The third-order valence-electron chi connectivity index (χ3n) is 2.82. The first kappa shape index (κ1) is 13.6. The second-order valence-electron chi connectivity index (χ2n) is 5.38. The molecule has 0 saturated heterocycles. The zero-order valence-corrected chi connectivity index (χ0v) is 12.2. The smallest absolute Gasteiger partial charge is 0.279 e. The van der Waals surface area contributed by atoms with Crippen LogP contribution in [0.2, 0.25) is 0 Å². The molecular formula is C15H18N2OS. The molecule has 1 aromatic heterocycles. The van der Waals surface area contributed by atoms with Gasteiger partial charge in [-0.3, -0.25) is 15.6 Å². The van der Waals surface area contributed by atoms with Gasteiger partial charge in [-0.05, 0) is 34.6 Å². The maximum Gasteiger partial charge on any atom is 0.279 e. The molecule has 2 N–H and O–H groups in total. The number of rotatable bonds is 3. The molecule has 0 radical (unpaired) electrons. The lowest BCUT2D eigenvalue weighted by Crippen LogP contribution is -2.28. The highest BCUT2D eigenvalue weighted by Crippen LogP contribution is 2.23. The second kappa shape index (κ2) is 5.45. The van der Waals surface area contributed by atoms with Gasteiger partial charge in [0.1, 0.15) is 0 Å². The van der Waals surface area contributed by atoms with Crippen LogP contribution < -0.4 is 10.9 Å². The van der Waals surface area contributed by atoms with E-state index in [0.29, 0.717) is 4.88 Å². The summed E-state index contributed by atoms with van der Waals surface area (Å²) in [5.41, 5.74) is 7.88. The highest BCUT2D eigenvalue weighted by atomic mass is 32.1. The van der Waals surface area contributed by atoms with Crippen molar-refractivity contribution in [2.24, 2.45) is 0 Å². The summed E-state index contributed by atoms with van der Waals surface area (Å²) in [4.78, 5) is 12.4. The maximum atomic E-state index is 11.7. The van der Waals surface area contributed by atoms with Crippen molar-refractivity contribution in [1.29, 1.82) is 0 Å². The third kappa shape index (κ3) is 3.58. The fourth-order valence-corrected chi connectivity index (χ4v) is 2.27. The Morgan fingerprint density at radius 2 is 1.79 bits per heavy atom. The lowest BCUT2D eigenvalue weighted by molar-refractivity contribution is 0.0966. The fourth-order valence-electron chi connectivity index (χ4n) is 1.65. The first-order valence-electron chi connectivity index (χ1n) is 6.17. The number of hydrazine groups is 1. The van der Waals surface area contributed by atoms with Gasteiger partial charge in [0, 0.05) is 0 Å². The zero-order valence-electron chi connectivity index (χ0n) is 11.4. The van der Waals surface area contributed by atoms with Gasteiger partial charge < -0.3 is 0 Å². The third-order valence-corrected chi connectivity index (χ3v) is 3.68. The standard InChI is InChI=1S/C15H18N2OS/c1-15(2,3)11-6-8-12(9-7-11)16-17-14(18)13-5-4-10-19-13/h4-10,16H,1-3H3,(H,17,18). The van der Waals surface area contributed by atoms with Crippen molar-refractivity contribution in [1.82, 2.24) is 5.43 Å². The molecule has 19 heavy (non-hydrogen) atoms. The van der Waals surface area contributed by atoms with Crippen molar-refractivity contribution in [3.63, 3.8) is 0 Å². The van der Waals surface area contributed by atoms with E-state index in [4.69, 9.17) is 0 Å². The number of hydrogen-bond acceptors (Lipinski definition) is 3. The number of anilines is 1. The van der Waals surface area contributed by atoms with E-state index < -0.39 is 0 Å². The van der Waals surface area contributed by atoms with Gasteiger partial charge in [-0.25, -0.2) is 0 Å². The molecule has 2 aromatic rings. The largest absolute Gasteiger partial charge is 0.298 e. The van der Waals surface area contributed by atoms with Crippen LogP contribution in [0.3, 0.4) is 0 Å². The number of benzene rings is 1. The van der Waals surface area contributed by atoms with Crippen LogP contribution >= 0.6 is 11.3 Å². The van der Waals surface area contributed by atoms with E-state index >= 15 is 0 Å². The SMILES string of the molecule is CC(C)(C)c1ccc(NNC(=O)c2cccs2)cc1. The van der Waals surface area contributed by atoms with E-state index in [0.717, 1.165) is 5.69 Å². The molecule has 1 amide bonds. The predicted octanol–water partition coefficient (Wildman–Crippen LogP) is 3.80. The molecule has 0 bridgehead atoms. The number of carbonyl (C=O) groups excluding carboxylic acids is 1. The van der Waals surface area contributed by atoms with Crippen LogP contribution in [-0.4, -0.2) is 5.91 Å². The van der Waals surface area contributed by atoms with E-state index in [-0.39, 0.29) is 11.3 Å². The Morgan fingerprint density at radius 1 is 1.11 bits per heavy atom. The minimum atomic E-state index is -0.116. The van der Waals surface area contributed by atoms with Crippen molar-refractivity contribution in [3.8, 4) is 0 Å². The molecule has 0 fully saturated rings. The van der Waals surface area contributed by atoms with Gasteiger partial charge in [-0.2, -0.15) is 0 Å². The van der Waals surface area contributed by atoms with Gasteiger partial charge in [-0.1, -0.05) is 39.0 Å². The number of amides is 1. The molecule has 4 heteroatoms. The Morgan fingerprint density at radius 3 is 2.32 bits per heavy atom. The number of nitrogens with one attached hydrogen (secondary N) is 2. The second-order valence-corrected chi connectivity index (χ2v) is 6.33. The van der Waals surface area contributed by atoms with Crippen LogP contribution in [0, 0.1) is 0 Å². The minimum Gasteiger partial charge on any atom is -0.298 e. The quantitative estimate of drug-likeness (QED) is 0.836. The number of carbonyl (C=O) groups is 1. The van der Waals surface area contributed by atoms with Gasteiger partial charge >= 0.3 is 0 Å². The Hall–Kier alpha value is -1.81. The lowest BCUT2D eigenvalue weighted by atomic mass is 9.87. The summed E-state index contributed by atoms with van der Waals surface area (Å²) in [7, 11) is 0. The van der Waals surface area contributed by atoms with Crippen LogP contribution in [-0.2, 0) is 5.41 Å². The summed E-state index contributed by atoms with van der Waals surface area (Å²) in [6.07, 6.45) is 0. The van der Waals surface area contributed by atoms with Crippen LogP contribution in [0.5, 0.6) is 0 Å². The Bertz CT molecular complexity index is 539. The Kier molecular flexibility index (Phi) is 3.90. The summed E-state index contributed by atoms with van der Waals surface area (Å²) in [6, 6.07) is 11.7. The molecule has 3 nitrogen and oxygen atoms in total. The van der Waals surface area contributed by atoms with Crippen molar-refractivity contribution in [3.05, 3.63) is 52.2 Å². The monoisotopic (exact) mass is 274 g/mol. The summed E-state index contributed by atoms with van der Waals surface area (Å²) < 4.78 is 0.